The average Bonchev–Trinajstić information content (AvgIpc) is 2.26. The van der Waals surface area contributed by atoms with Gasteiger partial charge in [0.05, 0.1) is 0 Å². The topological polar surface area (TPSA) is 26.3 Å². The summed E-state index contributed by atoms with van der Waals surface area (Å²) in [5.41, 5.74) is 0. The lowest BCUT2D eigenvalue weighted by Crippen LogP contribution is -2.02. The molecular weight excluding hydrogens is 212 g/mol. The Bertz CT molecular complexity index is 149. The average molecular weight is 234 g/mol. The Kier molecular flexibility index (Phi) is 11.6. The van der Waals surface area contributed by atoms with Gasteiger partial charge in [-0.2, -0.15) is 0 Å². The zero-order chi connectivity index (χ0) is 11.4. The Balaban J connectivity index is 2.95. The quantitative estimate of drug-likeness (QED) is 0.323. The first kappa shape index (κ1) is 14.8. The van der Waals surface area contributed by atoms with E-state index in [0.29, 0.717) is 0 Å². The van der Waals surface area contributed by atoms with Crippen LogP contribution in [0.1, 0.15) is 58.3 Å². The van der Waals surface area contributed by atoms with Crippen LogP contribution in [0.15, 0.2) is 0 Å². The lowest BCUT2D eigenvalue weighted by atomic mass is 10.1. The van der Waals surface area contributed by atoms with E-state index in [1.807, 2.05) is 0 Å². The number of carbonyl (C=O) groups is 1. The molecule has 0 rings (SSSR count). The highest BCUT2D eigenvalue weighted by Gasteiger charge is 1.99. The van der Waals surface area contributed by atoms with Crippen molar-refractivity contribution in [2.24, 2.45) is 0 Å². The molecule has 0 fully saturated rings. The number of unbranched alkanes of at least 4 members (excludes halogenated alkanes) is 7. The maximum atomic E-state index is 10.6. The van der Waals surface area contributed by atoms with Crippen LogP contribution in [0.5, 0.6) is 0 Å². The molecule has 0 spiro atoms. The van der Waals surface area contributed by atoms with E-state index in [0.717, 1.165) is 12.8 Å². The summed E-state index contributed by atoms with van der Waals surface area (Å²) in [4.78, 5) is 10.6. The van der Waals surface area contributed by atoms with Crippen LogP contribution in [-0.2, 0) is 9.53 Å². The number of carbonyl (C=O) groups excluding carboxylic acids is 1. The van der Waals surface area contributed by atoms with Crippen LogP contribution in [0.25, 0.3) is 0 Å². The number of halogens is 1. The Morgan fingerprint density at radius 1 is 1.13 bits per heavy atom. The van der Waals surface area contributed by atoms with Crippen LogP contribution in [0.3, 0.4) is 0 Å². The van der Waals surface area contributed by atoms with E-state index in [-0.39, 0.29) is 11.8 Å². The largest absolute Gasteiger partial charge is 0.458 e. The number of ether oxygens (including phenoxy) is 1. The van der Waals surface area contributed by atoms with Crippen molar-refractivity contribution in [2.45, 2.75) is 58.3 Å². The van der Waals surface area contributed by atoms with Crippen molar-refractivity contribution in [3.05, 3.63) is 6.61 Å². The first-order valence-electron chi connectivity index (χ1n) is 5.88. The lowest BCUT2D eigenvalue weighted by molar-refractivity contribution is -0.137. The van der Waals surface area contributed by atoms with Crippen LogP contribution < -0.4 is 0 Å². The van der Waals surface area contributed by atoms with Gasteiger partial charge in [-0.25, -0.2) is 0 Å². The van der Waals surface area contributed by atoms with Gasteiger partial charge in [0.15, 0.2) is 0 Å². The monoisotopic (exact) mass is 233 g/mol. The third-order valence-corrected chi connectivity index (χ3v) is 2.47. The SMILES string of the molecule is CCCCCCCCC[CH]OC(=O)CCl. The van der Waals surface area contributed by atoms with E-state index in [4.69, 9.17) is 16.3 Å². The third kappa shape index (κ3) is 11.7. The molecule has 0 saturated carbocycles. The molecule has 0 unspecified atom stereocenters. The summed E-state index contributed by atoms with van der Waals surface area (Å²) in [6.45, 7) is 3.79. The fourth-order valence-electron chi connectivity index (χ4n) is 1.37. The van der Waals surface area contributed by atoms with Crippen LogP contribution in [0.4, 0.5) is 0 Å². The summed E-state index contributed by atoms with van der Waals surface area (Å²) in [6.07, 6.45) is 9.77. The minimum atomic E-state index is -0.361. The summed E-state index contributed by atoms with van der Waals surface area (Å²) in [5, 5.41) is 0. The molecule has 0 aliphatic heterocycles. The second kappa shape index (κ2) is 11.8. The van der Waals surface area contributed by atoms with Crippen molar-refractivity contribution in [3.8, 4) is 0 Å². The number of esters is 1. The Hall–Kier alpha value is -0.240. The maximum Gasteiger partial charge on any atom is 0.321 e. The predicted molar refractivity (Wildman–Crippen MR) is 63.7 cm³/mol. The van der Waals surface area contributed by atoms with E-state index in [9.17, 15) is 4.79 Å². The van der Waals surface area contributed by atoms with E-state index in [2.05, 4.69) is 6.92 Å². The number of hydrogen-bond donors (Lipinski definition) is 0. The molecule has 0 atom stereocenters. The Morgan fingerprint density at radius 2 is 1.73 bits per heavy atom. The molecule has 89 valence electrons. The van der Waals surface area contributed by atoms with Gasteiger partial charge in [0.25, 0.3) is 0 Å². The normalized spacial score (nSPS) is 10.3. The molecule has 0 N–H and O–H groups in total. The number of hydrogen-bond acceptors (Lipinski definition) is 2. The smallest absolute Gasteiger partial charge is 0.321 e. The molecule has 15 heavy (non-hydrogen) atoms. The first-order chi connectivity index (χ1) is 7.31. The molecule has 0 heterocycles. The van der Waals surface area contributed by atoms with Crippen LogP contribution >= 0.6 is 11.6 Å². The minimum Gasteiger partial charge on any atom is -0.458 e. The molecule has 0 aliphatic carbocycles. The fourth-order valence-corrected chi connectivity index (χ4v) is 1.43. The second-order valence-corrected chi connectivity index (χ2v) is 3.97. The lowest BCUT2D eigenvalue weighted by Gasteiger charge is -2.02. The third-order valence-electron chi connectivity index (χ3n) is 2.25. The molecular formula is C12H22ClO2. The summed E-state index contributed by atoms with van der Waals surface area (Å²) in [5.74, 6) is -0.423. The number of rotatable bonds is 10. The van der Waals surface area contributed by atoms with Crippen molar-refractivity contribution in [1.82, 2.24) is 0 Å². The molecule has 0 bridgehead atoms. The predicted octanol–water partition coefficient (Wildman–Crippen LogP) is 4.07. The molecule has 2 nitrogen and oxygen atoms in total. The van der Waals surface area contributed by atoms with Gasteiger partial charge >= 0.3 is 5.97 Å². The highest BCUT2D eigenvalue weighted by atomic mass is 35.5. The second-order valence-electron chi connectivity index (χ2n) is 3.70. The maximum absolute atomic E-state index is 10.6. The molecule has 0 saturated heterocycles. The summed E-state index contributed by atoms with van der Waals surface area (Å²) < 4.78 is 4.74. The van der Waals surface area contributed by atoms with Crippen molar-refractivity contribution < 1.29 is 9.53 Å². The van der Waals surface area contributed by atoms with Gasteiger partial charge in [0.1, 0.15) is 12.5 Å². The van der Waals surface area contributed by atoms with Gasteiger partial charge in [-0.3, -0.25) is 4.79 Å². The van der Waals surface area contributed by atoms with E-state index < -0.39 is 0 Å². The van der Waals surface area contributed by atoms with E-state index in [1.165, 1.54) is 38.5 Å². The zero-order valence-electron chi connectivity index (χ0n) is 9.64. The fraction of sp³-hybridized carbons (Fsp3) is 0.833. The summed E-state index contributed by atoms with van der Waals surface area (Å²) in [7, 11) is 0. The van der Waals surface area contributed by atoms with E-state index >= 15 is 0 Å². The first-order valence-corrected chi connectivity index (χ1v) is 6.41. The van der Waals surface area contributed by atoms with Crippen molar-refractivity contribution in [1.29, 1.82) is 0 Å². The van der Waals surface area contributed by atoms with E-state index in [1.54, 1.807) is 6.61 Å². The molecule has 1 radical (unpaired) electrons. The van der Waals surface area contributed by atoms with Crippen LogP contribution in [-0.4, -0.2) is 11.8 Å². The molecule has 0 aromatic heterocycles. The van der Waals surface area contributed by atoms with Gasteiger partial charge in [0, 0.05) is 0 Å². The van der Waals surface area contributed by atoms with Gasteiger partial charge in [0.2, 0.25) is 0 Å². The number of alkyl halides is 1. The summed E-state index contributed by atoms with van der Waals surface area (Å²) in [6, 6.07) is 0. The van der Waals surface area contributed by atoms with Crippen molar-refractivity contribution in [3.63, 3.8) is 0 Å². The van der Waals surface area contributed by atoms with Crippen molar-refractivity contribution in [2.75, 3.05) is 5.88 Å². The Morgan fingerprint density at radius 3 is 2.33 bits per heavy atom. The van der Waals surface area contributed by atoms with Crippen LogP contribution in [0, 0.1) is 6.61 Å². The highest BCUT2D eigenvalue weighted by molar-refractivity contribution is 6.26. The minimum absolute atomic E-state index is 0.0620. The molecule has 0 aliphatic rings. The standard InChI is InChI=1S/C12H22ClO2/c1-2-3-4-5-6-7-8-9-10-15-12(14)11-13/h10H,2-9,11H2,1H3. The van der Waals surface area contributed by atoms with Gasteiger partial charge in [-0.15, -0.1) is 11.6 Å². The molecule has 3 heteroatoms. The van der Waals surface area contributed by atoms with Crippen molar-refractivity contribution >= 4 is 17.6 Å². The van der Waals surface area contributed by atoms with Crippen LogP contribution in [0.2, 0.25) is 0 Å². The molecule has 0 aromatic carbocycles. The highest BCUT2D eigenvalue weighted by Crippen LogP contribution is 2.09. The van der Waals surface area contributed by atoms with Gasteiger partial charge in [-0.05, 0) is 12.8 Å². The Labute approximate surface area is 98.3 Å². The molecule has 0 aromatic rings. The molecule has 0 amide bonds. The van der Waals surface area contributed by atoms with Gasteiger partial charge < -0.3 is 4.74 Å². The zero-order valence-corrected chi connectivity index (χ0v) is 10.4. The van der Waals surface area contributed by atoms with Gasteiger partial charge in [-0.1, -0.05) is 45.4 Å². The summed E-state index contributed by atoms with van der Waals surface area (Å²) >= 11 is 5.27.